The van der Waals surface area contributed by atoms with Crippen molar-refractivity contribution in [2.75, 3.05) is 19.6 Å². The molecule has 1 saturated carbocycles. The molecule has 3 heterocycles. The van der Waals surface area contributed by atoms with Gasteiger partial charge in [0, 0.05) is 42.5 Å². The minimum Gasteiger partial charge on any atom is -0.302 e. The molecule has 0 radical (unpaired) electrons. The summed E-state index contributed by atoms with van der Waals surface area (Å²) in [6.45, 7) is 4.60. The number of hydrogen-bond acceptors (Lipinski definition) is 4. The number of rotatable bonds is 5. The number of likely N-dealkylation sites (tertiary alicyclic amines) is 1. The Balaban J connectivity index is 1.24. The molecule has 4 nitrogen and oxygen atoms in total. The standard InChI is InChI=1S/C27H25F2N3OS/c1-16-21(26(33)32-12-13-34-27(32)30-16)10-11-31-14-22-23(15-31)25(18-4-8-20(29)9-5-18)24(22)17-2-6-19(28)7-3-17/h2-9,12-13,22-25H,10-11,14-15H2,1H3. The summed E-state index contributed by atoms with van der Waals surface area (Å²) in [5, 5.41) is 1.89. The van der Waals surface area contributed by atoms with Crippen molar-refractivity contribution in [3.63, 3.8) is 0 Å². The van der Waals surface area contributed by atoms with Crippen LogP contribution < -0.4 is 5.56 Å². The van der Waals surface area contributed by atoms with Crippen LogP contribution in [0.2, 0.25) is 0 Å². The highest BCUT2D eigenvalue weighted by molar-refractivity contribution is 7.15. The summed E-state index contributed by atoms with van der Waals surface area (Å²) in [7, 11) is 0. The van der Waals surface area contributed by atoms with Crippen LogP contribution in [-0.2, 0) is 6.42 Å². The zero-order valence-electron chi connectivity index (χ0n) is 18.8. The molecule has 2 aromatic carbocycles. The van der Waals surface area contributed by atoms with Gasteiger partial charge in [-0.1, -0.05) is 24.3 Å². The van der Waals surface area contributed by atoms with Gasteiger partial charge in [-0.15, -0.1) is 11.3 Å². The molecule has 7 heteroatoms. The van der Waals surface area contributed by atoms with Gasteiger partial charge in [0.2, 0.25) is 0 Å². The fourth-order valence-corrected chi connectivity index (χ4v) is 6.88. The second-order valence-corrected chi connectivity index (χ2v) is 10.4. The van der Waals surface area contributed by atoms with Gasteiger partial charge in [0.25, 0.3) is 5.56 Å². The Morgan fingerprint density at radius 3 is 2.06 bits per heavy atom. The van der Waals surface area contributed by atoms with Gasteiger partial charge in [-0.2, -0.15) is 0 Å². The number of halogens is 2. The predicted molar refractivity (Wildman–Crippen MR) is 129 cm³/mol. The summed E-state index contributed by atoms with van der Waals surface area (Å²) in [6, 6.07) is 13.7. The third-order valence-electron chi connectivity index (χ3n) is 7.75. The largest absolute Gasteiger partial charge is 0.302 e. The van der Waals surface area contributed by atoms with Crippen LogP contribution in [0.1, 0.15) is 34.2 Å². The minimum absolute atomic E-state index is 0.0271. The van der Waals surface area contributed by atoms with E-state index in [1.54, 1.807) is 10.6 Å². The van der Waals surface area contributed by atoms with Gasteiger partial charge in [-0.05, 0) is 72.4 Å². The fourth-order valence-electron chi connectivity index (χ4n) is 6.13. The van der Waals surface area contributed by atoms with Gasteiger partial charge in [0.05, 0.1) is 0 Å². The molecule has 0 spiro atoms. The third-order valence-corrected chi connectivity index (χ3v) is 8.51. The van der Waals surface area contributed by atoms with E-state index in [-0.39, 0.29) is 29.0 Å². The quantitative estimate of drug-likeness (QED) is 0.405. The summed E-state index contributed by atoms with van der Waals surface area (Å²) in [6.07, 6.45) is 2.45. The molecule has 174 valence electrons. The van der Waals surface area contributed by atoms with Gasteiger partial charge in [-0.3, -0.25) is 9.20 Å². The summed E-state index contributed by atoms with van der Waals surface area (Å²) in [4.78, 5) is 20.7. The Kier molecular flexibility index (Phi) is 5.34. The van der Waals surface area contributed by atoms with E-state index in [1.165, 1.54) is 35.6 Å². The van der Waals surface area contributed by atoms with Gasteiger partial charge < -0.3 is 4.90 Å². The van der Waals surface area contributed by atoms with Crippen LogP contribution in [0.5, 0.6) is 0 Å². The molecular weight excluding hydrogens is 452 g/mol. The van der Waals surface area contributed by atoms with E-state index in [1.807, 2.05) is 36.6 Å². The van der Waals surface area contributed by atoms with E-state index < -0.39 is 0 Å². The Morgan fingerprint density at radius 2 is 1.50 bits per heavy atom. The normalized spacial score (nSPS) is 24.3. The average Bonchev–Trinajstić information content (AvgIpc) is 3.42. The monoisotopic (exact) mass is 477 g/mol. The zero-order valence-corrected chi connectivity index (χ0v) is 19.6. The maximum atomic E-state index is 13.6. The molecular formula is C27H25F2N3OS. The number of aromatic nitrogens is 2. The lowest BCUT2D eigenvalue weighted by molar-refractivity contribution is 0.142. The predicted octanol–water partition coefficient (Wildman–Crippen LogP) is 5.01. The lowest BCUT2D eigenvalue weighted by Gasteiger charge is -2.49. The number of fused-ring (bicyclic) bond motifs is 2. The van der Waals surface area contributed by atoms with Crippen LogP contribution in [-0.4, -0.2) is 33.9 Å². The van der Waals surface area contributed by atoms with Crippen LogP contribution in [0.4, 0.5) is 8.78 Å². The van der Waals surface area contributed by atoms with Gasteiger partial charge in [0.15, 0.2) is 4.96 Å². The van der Waals surface area contributed by atoms with Gasteiger partial charge in [-0.25, -0.2) is 13.8 Å². The molecule has 34 heavy (non-hydrogen) atoms. The van der Waals surface area contributed by atoms with Crippen LogP contribution in [0.25, 0.3) is 4.96 Å². The van der Waals surface area contributed by atoms with E-state index in [2.05, 4.69) is 9.88 Å². The number of nitrogens with zero attached hydrogens (tertiary/aromatic N) is 3. The molecule has 2 fully saturated rings. The van der Waals surface area contributed by atoms with Crippen molar-refractivity contribution in [1.29, 1.82) is 0 Å². The molecule has 4 atom stereocenters. The smallest absolute Gasteiger partial charge is 0.261 e. The highest BCUT2D eigenvalue weighted by atomic mass is 32.1. The number of benzene rings is 2. The van der Waals surface area contributed by atoms with Gasteiger partial charge >= 0.3 is 0 Å². The maximum absolute atomic E-state index is 13.6. The van der Waals surface area contributed by atoms with E-state index in [0.717, 1.165) is 47.0 Å². The van der Waals surface area contributed by atoms with Crippen LogP contribution in [0, 0.1) is 30.4 Å². The Bertz CT molecular complexity index is 1340. The highest BCUT2D eigenvalue weighted by Crippen LogP contribution is 2.60. The van der Waals surface area contributed by atoms with Crippen LogP contribution in [0.3, 0.4) is 0 Å². The van der Waals surface area contributed by atoms with Crippen LogP contribution in [0.15, 0.2) is 64.9 Å². The lowest BCUT2D eigenvalue weighted by Crippen LogP contribution is -2.42. The SMILES string of the molecule is Cc1nc2sccn2c(=O)c1CCN1CC2C(C1)C(c1ccc(F)cc1)C2c1ccc(F)cc1. The van der Waals surface area contributed by atoms with E-state index in [4.69, 9.17) is 0 Å². The first-order valence-electron chi connectivity index (χ1n) is 11.7. The van der Waals surface area contributed by atoms with Crippen molar-refractivity contribution < 1.29 is 8.78 Å². The second-order valence-electron chi connectivity index (χ2n) is 9.53. The lowest BCUT2D eigenvalue weighted by atomic mass is 9.54. The fraction of sp³-hybridized carbons (Fsp3) is 0.333. The molecule has 0 N–H and O–H groups in total. The molecule has 6 rings (SSSR count). The molecule has 1 aliphatic carbocycles. The first-order valence-corrected chi connectivity index (χ1v) is 12.6. The topological polar surface area (TPSA) is 37.6 Å². The molecule has 2 aromatic heterocycles. The maximum Gasteiger partial charge on any atom is 0.261 e. The second kappa shape index (κ2) is 8.40. The van der Waals surface area contributed by atoms with E-state index in [9.17, 15) is 13.6 Å². The summed E-state index contributed by atoms with van der Waals surface area (Å²) < 4.78 is 28.8. The molecule has 1 aliphatic heterocycles. The van der Waals surface area contributed by atoms with E-state index in [0.29, 0.717) is 18.3 Å². The Morgan fingerprint density at radius 1 is 0.941 bits per heavy atom. The van der Waals surface area contributed by atoms with Gasteiger partial charge in [0.1, 0.15) is 11.6 Å². The Hall–Kier alpha value is -2.90. The third kappa shape index (κ3) is 3.58. The minimum atomic E-state index is -0.233. The molecule has 4 aromatic rings. The van der Waals surface area contributed by atoms with Crippen molar-refractivity contribution in [2.45, 2.75) is 25.2 Å². The first-order chi connectivity index (χ1) is 16.5. The van der Waals surface area contributed by atoms with E-state index >= 15 is 0 Å². The molecule has 4 unspecified atom stereocenters. The molecule has 2 aliphatic rings. The molecule has 0 bridgehead atoms. The number of aryl methyl sites for hydroxylation is 1. The van der Waals surface area contributed by atoms with Crippen molar-refractivity contribution in [3.8, 4) is 0 Å². The first kappa shape index (κ1) is 21.6. The van der Waals surface area contributed by atoms with Crippen LogP contribution >= 0.6 is 11.3 Å². The molecule has 1 saturated heterocycles. The average molecular weight is 478 g/mol. The summed E-state index contributed by atoms with van der Waals surface area (Å²) in [5.74, 6) is 1.00. The van der Waals surface area contributed by atoms with Crippen molar-refractivity contribution in [3.05, 3.63) is 104 Å². The summed E-state index contributed by atoms with van der Waals surface area (Å²) in [5.41, 5.74) is 3.89. The number of hydrogen-bond donors (Lipinski definition) is 0. The highest BCUT2D eigenvalue weighted by Gasteiger charge is 2.55. The summed E-state index contributed by atoms with van der Waals surface area (Å²) >= 11 is 1.47. The van der Waals surface area contributed by atoms with Crippen molar-refractivity contribution in [1.82, 2.24) is 14.3 Å². The number of thiazole rings is 1. The van der Waals surface area contributed by atoms with Crippen molar-refractivity contribution in [2.24, 2.45) is 11.8 Å². The molecule has 0 amide bonds. The Labute approximate surface area is 200 Å². The zero-order chi connectivity index (χ0) is 23.4. The van der Waals surface area contributed by atoms with Crippen molar-refractivity contribution >= 4 is 16.3 Å².